The number of aromatic nitrogens is 2. The van der Waals surface area contributed by atoms with E-state index < -0.39 is 0 Å². The average Bonchev–Trinajstić information content (AvgIpc) is 3.38. The molecule has 6 nitrogen and oxygen atoms in total. The van der Waals surface area contributed by atoms with Crippen LogP contribution in [0.2, 0.25) is 0 Å². The van der Waals surface area contributed by atoms with Crippen LogP contribution in [0.4, 0.5) is 5.69 Å². The Kier molecular flexibility index (Phi) is 5.63. The molecule has 2 aromatic heterocycles. The van der Waals surface area contributed by atoms with Crippen LogP contribution in [-0.2, 0) is 0 Å². The molecule has 1 aliphatic heterocycles. The lowest BCUT2D eigenvalue weighted by atomic mass is 9.98. The zero-order chi connectivity index (χ0) is 21.3. The third-order valence-corrected chi connectivity index (χ3v) is 5.73. The summed E-state index contributed by atoms with van der Waals surface area (Å²) in [5, 5.41) is 4.11. The van der Waals surface area contributed by atoms with Crippen molar-refractivity contribution in [2.75, 3.05) is 19.1 Å². The van der Waals surface area contributed by atoms with Gasteiger partial charge in [-0.25, -0.2) is 0 Å². The molecule has 4 rings (SSSR count). The van der Waals surface area contributed by atoms with Gasteiger partial charge in [-0.15, -0.1) is 0 Å². The molecule has 1 N–H and O–H groups in total. The fourth-order valence-electron chi connectivity index (χ4n) is 3.86. The van der Waals surface area contributed by atoms with Gasteiger partial charge < -0.3 is 24.3 Å². The molecule has 1 fully saturated rings. The van der Waals surface area contributed by atoms with Gasteiger partial charge >= 0.3 is 0 Å². The summed E-state index contributed by atoms with van der Waals surface area (Å²) in [5.41, 5.74) is 2.94. The van der Waals surface area contributed by atoms with Gasteiger partial charge in [0.05, 0.1) is 37.7 Å². The topological polar surface area (TPSA) is 51.6 Å². The second-order valence-corrected chi connectivity index (χ2v) is 7.91. The van der Waals surface area contributed by atoms with E-state index in [1.807, 2.05) is 42.6 Å². The van der Waals surface area contributed by atoms with Gasteiger partial charge in [-0.1, -0.05) is 6.07 Å². The first-order chi connectivity index (χ1) is 14.5. The standard InChI is InChI=1S/C23H26N4O2S/c1-15(2)26-12-10-16(14-26)22-21(18-7-5-6-11-24-18)25-23(30)27(22)19-13-17(28-3)8-9-20(19)29-4/h5-15,21-22H,1-4H3,(H,25,30). The Labute approximate surface area is 182 Å². The summed E-state index contributed by atoms with van der Waals surface area (Å²) >= 11 is 5.81. The Morgan fingerprint density at radius 1 is 1.10 bits per heavy atom. The van der Waals surface area contributed by atoms with E-state index >= 15 is 0 Å². The quantitative estimate of drug-likeness (QED) is 0.583. The molecule has 0 bridgehead atoms. The molecule has 0 saturated carbocycles. The summed E-state index contributed by atoms with van der Waals surface area (Å²) in [6, 6.07) is 14.0. The molecule has 3 aromatic rings. The number of ether oxygens (including phenoxy) is 2. The highest BCUT2D eigenvalue weighted by atomic mass is 32.1. The Hall–Kier alpha value is -3.06. The van der Waals surface area contributed by atoms with Crippen LogP contribution in [0.15, 0.2) is 61.1 Å². The van der Waals surface area contributed by atoms with E-state index in [4.69, 9.17) is 21.7 Å². The lowest BCUT2D eigenvalue weighted by molar-refractivity contribution is 0.403. The van der Waals surface area contributed by atoms with Crippen molar-refractivity contribution in [3.05, 3.63) is 72.3 Å². The number of pyridine rings is 1. The third-order valence-electron chi connectivity index (χ3n) is 5.42. The van der Waals surface area contributed by atoms with Gasteiger partial charge in [0.1, 0.15) is 11.5 Å². The second-order valence-electron chi connectivity index (χ2n) is 7.52. The number of thiocarbonyl (C=S) groups is 1. The van der Waals surface area contributed by atoms with Crippen LogP contribution in [0.25, 0.3) is 0 Å². The number of methoxy groups -OCH3 is 2. The summed E-state index contributed by atoms with van der Waals surface area (Å²) < 4.78 is 13.3. The van der Waals surface area contributed by atoms with Gasteiger partial charge in [0.2, 0.25) is 0 Å². The predicted octanol–water partition coefficient (Wildman–Crippen LogP) is 4.66. The zero-order valence-electron chi connectivity index (χ0n) is 17.6. The molecule has 2 unspecified atom stereocenters. The minimum Gasteiger partial charge on any atom is -0.497 e. The van der Waals surface area contributed by atoms with Gasteiger partial charge in [0.15, 0.2) is 5.11 Å². The molecule has 7 heteroatoms. The smallest absolute Gasteiger partial charge is 0.174 e. The van der Waals surface area contributed by atoms with Crippen molar-refractivity contribution in [2.24, 2.45) is 0 Å². The van der Waals surface area contributed by atoms with E-state index in [-0.39, 0.29) is 12.1 Å². The van der Waals surface area contributed by atoms with Crippen LogP contribution in [0, 0.1) is 0 Å². The zero-order valence-corrected chi connectivity index (χ0v) is 18.4. The van der Waals surface area contributed by atoms with Crippen LogP contribution in [0.3, 0.4) is 0 Å². The number of nitrogens with zero attached hydrogens (tertiary/aromatic N) is 3. The summed E-state index contributed by atoms with van der Waals surface area (Å²) in [4.78, 5) is 6.71. The minimum absolute atomic E-state index is 0.0894. The van der Waals surface area contributed by atoms with Crippen molar-refractivity contribution in [3.63, 3.8) is 0 Å². The highest BCUT2D eigenvalue weighted by Crippen LogP contribution is 2.45. The maximum atomic E-state index is 5.81. The molecule has 30 heavy (non-hydrogen) atoms. The second kappa shape index (κ2) is 8.36. The fraction of sp³-hybridized carbons (Fsp3) is 0.304. The molecule has 1 saturated heterocycles. The Morgan fingerprint density at radius 3 is 2.57 bits per heavy atom. The lowest BCUT2D eigenvalue weighted by Gasteiger charge is -2.28. The maximum absolute atomic E-state index is 5.81. The molecule has 0 amide bonds. The van der Waals surface area contributed by atoms with E-state index in [1.54, 1.807) is 14.2 Å². The number of nitrogens with one attached hydrogen (secondary N) is 1. The van der Waals surface area contributed by atoms with Gasteiger partial charge in [0, 0.05) is 30.7 Å². The van der Waals surface area contributed by atoms with Gasteiger partial charge in [-0.2, -0.15) is 0 Å². The minimum atomic E-state index is -0.0994. The number of hydrogen-bond donors (Lipinski definition) is 1. The highest BCUT2D eigenvalue weighted by molar-refractivity contribution is 7.80. The van der Waals surface area contributed by atoms with Crippen molar-refractivity contribution in [3.8, 4) is 11.5 Å². The fourth-order valence-corrected chi connectivity index (χ4v) is 4.20. The first kappa shape index (κ1) is 20.2. The summed E-state index contributed by atoms with van der Waals surface area (Å²) in [5.74, 6) is 1.48. The van der Waals surface area contributed by atoms with Crippen LogP contribution < -0.4 is 19.7 Å². The molecule has 1 aliphatic rings. The molecule has 3 heterocycles. The van der Waals surface area contributed by atoms with E-state index in [0.717, 1.165) is 28.4 Å². The van der Waals surface area contributed by atoms with Crippen molar-refractivity contribution in [2.45, 2.75) is 32.0 Å². The molecule has 2 atom stereocenters. The normalized spacial score (nSPS) is 18.6. The summed E-state index contributed by atoms with van der Waals surface area (Å²) in [6.07, 6.45) is 6.10. The van der Waals surface area contributed by atoms with Crippen molar-refractivity contribution in [1.82, 2.24) is 14.9 Å². The molecular formula is C23H26N4O2S. The first-order valence-electron chi connectivity index (χ1n) is 9.93. The molecule has 0 aliphatic carbocycles. The summed E-state index contributed by atoms with van der Waals surface area (Å²) in [6.45, 7) is 4.33. The van der Waals surface area contributed by atoms with Crippen LogP contribution >= 0.6 is 12.2 Å². The Morgan fingerprint density at radius 2 is 1.93 bits per heavy atom. The molecular weight excluding hydrogens is 396 g/mol. The number of anilines is 1. The van der Waals surface area contributed by atoms with Gasteiger partial charge in [-0.05, 0) is 62.0 Å². The Bertz CT molecular complexity index is 1030. The Balaban J connectivity index is 1.86. The van der Waals surface area contributed by atoms with E-state index in [2.05, 4.69) is 52.1 Å². The predicted molar refractivity (Wildman–Crippen MR) is 122 cm³/mol. The SMILES string of the molecule is COc1ccc(OC)c(N2C(=S)NC(c3ccccn3)C2c2ccn(C(C)C)c2)c1. The molecule has 156 valence electrons. The van der Waals surface area contributed by atoms with E-state index in [1.165, 1.54) is 0 Å². The van der Waals surface area contributed by atoms with Crippen molar-refractivity contribution >= 4 is 23.0 Å². The highest BCUT2D eigenvalue weighted by Gasteiger charge is 2.42. The number of rotatable bonds is 6. The maximum Gasteiger partial charge on any atom is 0.174 e. The monoisotopic (exact) mass is 422 g/mol. The number of hydrogen-bond acceptors (Lipinski definition) is 4. The first-order valence-corrected chi connectivity index (χ1v) is 10.3. The largest absolute Gasteiger partial charge is 0.497 e. The average molecular weight is 423 g/mol. The number of benzene rings is 1. The molecule has 1 aromatic carbocycles. The van der Waals surface area contributed by atoms with Gasteiger partial charge in [0.25, 0.3) is 0 Å². The van der Waals surface area contributed by atoms with Crippen LogP contribution in [0.1, 0.15) is 43.2 Å². The summed E-state index contributed by atoms with van der Waals surface area (Å²) in [7, 11) is 3.32. The van der Waals surface area contributed by atoms with Crippen molar-refractivity contribution < 1.29 is 9.47 Å². The van der Waals surface area contributed by atoms with Crippen molar-refractivity contribution in [1.29, 1.82) is 0 Å². The molecule has 0 radical (unpaired) electrons. The van der Waals surface area contributed by atoms with Crippen LogP contribution in [0.5, 0.6) is 11.5 Å². The van der Waals surface area contributed by atoms with E-state index in [9.17, 15) is 0 Å². The van der Waals surface area contributed by atoms with E-state index in [0.29, 0.717) is 11.2 Å². The van der Waals surface area contributed by atoms with Crippen LogP contribution in [-0.4, -0.2) is 28.9 Å². The lowest BCUT2D eigenvalue weighted by Crippen LogP contribution is -2.29. The van der Waals surface area contributed by atoms with Gasteiger partial charge in [-0.3, -0.25) is 4.98 Å². The third kappa shape index (κ3) is 3.61. The molecule has 0 spiro atoms.